The van der Waals surface area contributed by atoms with Crippen molar-refractivity contribution in [3.05, 3.63) is 100 Å². The normalized spacial score (nSPS) is 11.5. The molecule has 178 valence electrons. The van der Waals surface area contributed by atoms with Crippen molar-refractivity contribution in [3.8, 4) is 5.75 Å². The van der Waals surface area contributed by atoms with Crippen molar-refractivity contribution in [3.63, 3.8) is 0 Å². The highest BCUT2D eigenvalue weighted by atomic mass is 79.9. The molecule has 0 bridgehead atoms. The van der Waals surface area contributed by atoms with Gasteiger partial charge in [0.05, 0.1) is 0 Å². The fraction of sp³-hybridized carbons (Fsp3) is 0.259. The highest BCUT2D eigenvalue weighted by molar-refractivity contribution is 9.10. The summed E-state index contributed by atoms with van der Waals surface area (Å²) >= 11 is 3.43. The monoisotopic (exact) mass is 526 g/mol. The molecule has 0 aliphatic heterocycles. The Hall–Kier alpha value is -3.19. The zero-order chi connectivity index (χ0) is 24.3. The summed E-state index contributed by atoms with van der Waals surface area (Å²) in [6, 6.07) is 22.0. The van der Waals surface area contributed by atoms with Gasteiger partial charge >= 0.3 is 0 Å². The molecule has 0 radical (unpaired) electrons. The molecule has 3 rings (SSSR count). The summed E-state index contributed by atoms with van der Waals surface area (Å²) < 4.78 is 19.8. The van der Waals surface area contributed by atoms with Crippen LogP contribution in [0.3, 0.4) is 0 Å². The first-order valence-corrected chi connectivity index (χ1v) is 12.0. The van der Waals surface area contributed by atoms with Crippen molar-refractivity contribution in [2.75, 3.05) is 13.2 Å². The van der Waals surface area contributed by atoms with Crippen molar-refractivity contribution in [2.45, 2.75) is 32.4 Å². The quantitative estimate of drug-likeness (QED) is 0.376. The number of hydrogen-bond acceptors (Lipinski definition) is 3. The first-order valence-electron chi connectivity index (χ1n) is 11.2. The Morgan fingerprint density at radius 2 is 1.65 bits per heavy atom. The number of amides is 2. The molecule has 0 aliphatic rings. The lowest BCUT2D eigenvalue weighted by molar-refractivity contribution is -0.142. The van der Waals surface area contributed by atoms with Crippen LogP contribution in [0.2, 0.25) is 0 Å². The van der Waals surface area contributed by atoms with Gasteiger partial charge in [0.25, 0.3) is 5.91 Å². The minimum Gasteiger partial charge on any atom is -0.484 e. The van der Waals surface area contributed by atoms with Crippen LogP contribution in [0, 0.1) is 5.82 Å². The van der Waals surface area contributed by atoms with E-state index in [-0.39, 0.29) is 30.8 Å². The second kappa shape index (κ2) is 12.9. The molecule has 3 aromatic carbocycles. The van der Waals surface area contributed by atoms with Crippen molar-refractivity contribution < 1.29 is 18.7 Å². The maximum atomic E-state index is 13.4. The third-order valence-corrected chi connectivity index (χ3v) is 5.79. The topological polar surface area (TPSA) is 58.6 Å². The highest BCUT2D eigenvalue weighted by Gasteiger charge is 2.30. The van der Waals surface area contributed by atoms with Crippen molar-refractivity contribution in [1.29, 1.82) is 0 Å². The lowest BCUT2D eigenvalue weighted by Crippen LogP contribution is -2.51. The molecule has 3 aromatic rings. The van der Waals surface area contributed by atoms with E-state index in [9.17, 15) is 14.0 Å². The van der Waals surface area contributed by atoms with Crippen LogP contribution in [0.4, 0.5) is 4.39 Å². The summed E-state index contributed by atoms with van der Waals surface area (Å²) in [5, 5.41) is 2.94. The molecule has 2 amide bonds. The number of benzene rings is 3. The van der Waals surface area contributed by atoms with E-state index in [1.54, 1.807) is 4.90 Å². The Balaban J connectivity index is 1.87. The first kappa shape index (κ1) is 25.4. The summed E-state index contributed by atoms with van der Waals surface area (Å²) in [5.41, 5.74) is 1.84. The molecular formula is C27H28BrFN2O3. The maximum absolute atomic E-state index is 13.4. The van der Waals surface area contributed by atoms with Crippen LogP contribution in [-0.2, 0) is 22.6 Å². The molecule has 0 spiro atoms. The molecule has 1 N–H and O–H groups in total. The van der Waals surface area contributed by atoms with E-state index < -0.39 is 6.04 Å². The average Bonchev–Trinajstić information content (AvgIpc) is 2.86. The summed E-state index contributed by atoms with van der Waals surface area (Å²) in [7, 11) is 0. The summed E-state index contributed by atoms with van der Waals surface area (Å²) in [4.78, 5) is 28.2. The SMILES string of the molecule is CCCNC(=O)[C@H](Cc1ccccc1)N(Cc1ccc(Br)cc1)C(=O)COc1ccc(F)cc1. The van der Waals surface area contributed by atoms with Gasteiger partial charge in [0, 0.05) is 24.0 Å². The minimum atomic E-state index is -0.720. The molecule has 34 heavy (non-hydrogen) atoms. The van der Waals surface area contributed by atoms with Gasteiger partial charge in [-0.2, -0.15) is 0 Å². The van der Waals surface area contributed by atoms with Crippen LogP contribution in [0.1, 0.15) is 24.5 Å². The second-order valence-electron chi connectivity index (χ2n) is 7.89. The minimum absolute atomic E-state index is 0.210. The molecule has 0 aromatic heterocycles. The first-order chi connectivity index (χ1) is 16.5. The van der Waals surface area contributed by atoms with E-state index in [4.69, 9.17) is 4.74 Å². The van der Waals surface area contributed by atoms with Gasteiger partial charge in [0.2, 0.25) is 5.91 Å². The molecule has 0 unspecified atom stereocenters. The van der Waals surface area contributed by atoms with Crippen LogP contribution in [0.25, 0.3) is 0 Å². The summed E-state index contributed by atoms with van der Waals surface area (Å²) in [6.45, 7) is 2.48. The molecule has 7 heteroatoms. The van der Waals surface area contributed by atoms with Crippen LogP contribution in [0.15, 0.2) is 83.3 Å². The fourth-order valence-corrected chi connectivity index (χ4v) is 3.73. The number of ether oxygens (including phenoxy) is 1. The zero-order valence-electron chi connectivity index (χ0n) is 19.0. The molecule has 1 atom stereocenters. The number of carbonyl (C=O) groups excluding carboxylic acids is 2. The molecule has 0 saturated carbocycles. The van der Waals surface area contributed by atoms with E-state index >= 15 is 0 Å². The van der Waals surface area contributed by atoms with E-state index in [0.29, 0.717) is 18.7 Å². The molecule has 0 heterocycles. The van der Waals surface area contributed by atoms with E-state index in [1.807, 2.05) is 61.5 Å². The number of rotatable bonds is 11. The predicted molar refractivity (Wildman–Crippen MR) is 134 cm³/mol. The van der Waals surface area contributed by atoms with Gasteiger partial charge in [0.15, 0.2) is 6.61 Å². The molecule has 5 nitrogen and oxygen atoms in total. The van der Waals surface area contributed by atoms with Crippen LogP contribution >= 0.6 is 15.9 Å². The van der Waals surface area contributed by atoms with Crippen LogP contribution < -0.4 is 10.1 Å². The van der Waals surface area contributed by atoms with E-state index in [0.717, 1.165) is 22.0 Å². The van der Waals surface area contributed by atoms with Crippen molar-refractivity contribution >= 4 is 27.7 Å². The second-order valence-corrected chi connectivity index (χ2v) is 8.80. The summed E-state index contributed by atoms with van der Waals surface area (Å²) in [5.74, 6) is -0.544. The van der Waals surface area contributed by atoms with Gasteiger partial charge in [-0.05, 0) is 53.9 Å². The van der Waals surface area contributed by atoms with Crippen LogP contribution in [-0.4, -0.2) is 35.9 Å². The molecule has 0 fully saturated rings. The molecule has 0 saturated heterocycles. The van der Waals surface area contributed by atoms with Gasteiger partial charge in [-0.15, -0.1) is 0 Å². The number of nitrogens with one attached hydrogen (secondary N) is 1. The Morgan fingerprint density at radius 3 is 2.29 bits per heavy atom. The largest absolute Gasteiger partial charge is 0.484 e. The van der Waals surface area contributed by atoms with E-state index in [2.05, 4.69) is 21.2 Å². The Bertz CT molecular complexity index is 1060. The van der Waals surface area contributed by atoms with Gasteiger partial charge in [-0.25, -0.2) is 4.39 Å². The van der Waals surface area contributed by atoms with Gasteiger partial charge in [-0.3, -0.25) is 9.59 Å². The van der Waals surface area contributed by atoms with E-state index in [1.165, 1.54) is 24.3 Å². The highest BCUT2D eigenvalue weighted by Crippen LogP contribution is 2.18. The summed E-state index contributed by atoms with van der Waals surface area (Å²) in [6.07, 6.45) is 1.16. The predicted octanol–water partition coefficient (Wildman–Crippen LogP) is 5.13. The lowest BCUT2D eigenvalue weighted by atomic mass is 10.0. The number of halogens is 2. The molecule has 0 aliphatic carbocycles. The number of hydrogen-bond donors (Lipinski definition) is 1. The Labute approximate surface area is 208 Å². The Kier molecular flexibility index (Phi) is 9.64. The van der Waals surface area contributed by atoms with Crippen LogP contribution in [0.5, 0.6) is 5.75 Å². The lowest BCUT2D eigenvalue weighted by Gasteiger charge is -2.31. The zero-order valence-corrected chi connectivity index (χ0v) is 20.6. The molecular weight excluding hydrogens is 499 g/mol. The smallest absolute Gasteiger partial charge is 0.261 e. The fourth-order valence-electron chi connectivity index (χ4n) is 3.47. The average molecular weight is 527 g/mol. The number of nitrogens with zero attached hydrogens (tertiary/aromatic N) is 1. The van der Waals surface area contributed by atoms with Gasteiger partial charge < -0.3 is 15.0 Å². The third kappa shape index (κ3) is 7.70. The van der Waals surface area contributed by atoms with Crippen molar-refractivity contribution in [1.82, 2.24) is 10.2 Å². The third-order valence-electron chi connectivity index (χ3n) is 5.26. The number of carbonyl (C=O) groups is 2. The standard InChI is InChI=1S/C27H28BrFN2O3/c1-2-16-30-27(33)25(17-20-6-4-3-5-7-20)31(18-21-8-10-22(28)11-9-21)26(32)19-34-24-14-12-23(29)13-15-24/h3-15,25H,2,16-19H2,1H3,(H,30,33)/t25-/m0/s1. The van der Waals surface area contributed by atoms with Gasteiger partial charge in [-0.1, -0.05) is 65.3 Å². The van der Waals surface area contributed by atoms with Crippen molar-refractivity contribution in [2.24, 2.45) is 0 Å². The van der Waals surface area contributed by atoms with Gasteiger partial charge in [0.1, 0.15) is 17.6 Å². The Morgan fingerprint density at radius 1 is 0.971 bits per heavy atom. The maximum Gasteiger partial charge on any atom is 0.261 e.